The van der Waals surface area contributed by atoms with Crippen LogP contribution in [0.2, 0.25) is 0 Å². The van der Waals surface area contributed by atoms with E-state index in [4.69, 9.17) is 5.73 Å². The molecule has 2 aromatic rings. The van der Waals surface area contributed by atoms with Crippen molar-refractivity contribution in [3.63, 3.8) is 0 Å². The third kappa shape index (κ3) is 3.23. The third-order valence-electron chi connectivity index (χ3n) is 2.90. The highest BCUT2D eigenvalue weighted by Crippen LogP contribution is 2.05. The van der Waals surface area contributed by atoms with Crippen molar-refractivity contribution in [3.8, 4) is 11.8 Å². The molecule has 0 saturated carbocycles. The number of hydrogen-bond acceptors (Lipinski definition) is 1. The van der Waals surface area contributed by atoms with Gasteiger partial charge in [-0.2, -0.15) is 0 Å². The van der Waals surface area contributed by atoms with E-state index in [-0.39, 0.29) is 0 Å². The quantitative estimate of drug-likeness (QED) is 0.795. The Bertz CT molecular complexity index is 502. The maximum Gasteiger partial charge on any atom is 0.0249 e. The number of rotatable bonds is 2. The van der Waals surface area contributed by atoms with Crippen LogP contribution in [0.5, 0.6) is 0 Å². The van der Waals surface area contributed by atoms with Gasteiger partial charge in [-0.1, -0.05) is 43.0 Å². The Morgan fingerprint density at radius 3 is 1.61 bits per heavy atom. The molecule has 18 heavy (non-hydrogen) atoms. The van der Waals surface area contributed by atoms with Gasteiger partial charge in [0.05, 0.1) is 0 Å². The molecule has 0 atom stereocenters. The van der Waals surface area contributed by atoms with Crippen molar-refractivity contribution in [3.05, 3.63) is 70.8 Å². The summed E-state index contributed by atoms with van der Waals surface area (Å²) in [7, 11) is 0. The first-order chi connectivity index (χ1) is 8.81. The van der Waals surface area contributed by atoms with E-state index in [1.54, 1.807) is 0 Å². The Kier molecular flexibility index (Phi) is 4.17. The van der Waals surface area contributed by atoms with E-state index in [1.807, 2.05) is 24.3 Å². The van der Waals surface area contributed by atoms with Gasteiger partial charge in [0.15, 0.2) is 0 Å². The fourth-order valence-corrected chi connectivity index (χ4v) is 1.69. The van der Waals surface area contributed by atoms with E-state index < -0.39 is 0 Å². The molecule has 0 heterocycles. The van der Waals surface area contributed by atoms with Gasteiger partial charge < -0.3 is 5.73 Å². The van der Waals surface area contributed by atoms with Crippen molar-refractivity contribution < 1.29 is 0 Å². The number of nitrogens with two attached hydrogens (primary N) is 1. The first-order valence-electron chi connectivity index (χ1n) is 6.22. The zero-order chi connectivity index (χ0) is 12.8. The maximum atomic E-state index is 5.56. The first kappa shape index (κ1) is 12.4. The third-order valence-corrected chi connectivity index (χ3v) is 2.90. The number of aryl methyl sites for hydroxylation is 1. The van der Waals surface area contributed by atoms with Crippen molar-refractivity contribution in [2.75, 3.05) is 0 Å². The summed E-state index contributed by atoms with van der Waals surface area (Å²) >= 11 is 0. The first-order valence-corrected chi connectivity index (χ1v) is 6.22. The lowest BCUT2D eigenvalue weighted by Gasteiger charge is -1.96. The molecule has 0 bridgehead atoms. The molecule has 0 spiro atoms. The van der Waals surface area contributed by atoms with E-state index in [0.717, 1.165) is 23.1 Å². The van der Waals surface area contributed by atoms with Crippen LogP contribution in [0.4, 0.5) is 0 Å². The van der Waals surface area contributed by atoms with Crippen LogP contribution in [0.1, 0.15) is 29.2 Å². The van der Waals surface area contributed by atoms with E-state index in [1.165, 1.54) is 5.56 Å². The lowest BCUT2D eigenvalue weighted by atomic mass is 10.1. The van der Waals surface area contributed by atoms with Gasteiger partial charge in [-0.05, 0) is 41.8 Å². The molecule has 0 saturated heterocycles. The molecule has 0 radical (unpaired) electrons. The van der Waals surface area contributed by atoms with Gasteiger partial charge in [0.25, 0.3) is 0 Å². The van der Waals surface area contributed by atoms with Crippen molar-refractivity contribution in [1.82, 2.24) is 0 Å². The molecular weight excluding hydrogens is 218 g/mol. The Hall–Kier alpha value is -2.04. The fraction of sp³-hybridized carbons (Fsp3) is 0.176. The lowest BCUT2D eigenvalue weighted by Crippen LogP contribution is -1.95. The van der Waals surface area contributed by atoms with Crippen LogP contribution in [0.3, 0.4) is 0 Å². The zero-order valence-corrected chi connectivity index (χ0v) is 10.6. The monoisotopic (exact) mass is 235 g/mol. The molecule has 2 rings (SSSR count). The topological polar surface area (TPSA) is 26.0 Å². The van der Waals surface area contributed by atoms with Gasteiger partial charge in [0, 0.05) is 17.7 Å². The molecule has 1 nitrogen and oxygen atoms in total. The molecule has 0 aliphatic rings. The largest absolute Gasteiger partial charge is 0.326 e. The molecule has 0 aromatic heterocycles. The highest BCUT2D eigenvalue weighted by atomic mass is 14.5. The molecule has 0 fully saturated rings. The summed E-state index contributed by atoms with van der Waals surface area (Å²) < 4.78 is 0. The molecule has 90 valence electrons. The summed E-state index contributed by atoms with van der Waals surface area (Å²) in [5.74, 6) is 6.33. The average Bonchev–Trinajstić information content (AvgIpc) is 2.46. The highest BCUT2D eigenvalue weighted by molar-refractivity contribution is 5.44. The average molecular weight is 235 g/mol. The van der Waals surface area contributed by atoms with E-state index in [9.17, 15) is 0 Å². The molecule has 0 unspecified atom stereocenters. The van der Waals surface area contributed by atoms with Crippen molar-refractivity contribution in [1.29, 1.82) is 0 Å². The standard InChI is InChI=1S/C17H17N/c1-2-14-3-5-15(6-4-14)7-8-16-9-11-17(13-18)12-10-16/h3-6,9-12H,2,13,18H2,1H3. The Labute approximate surface area is 109 Å². The van der Waals surface area contributed by atoms with Gasteiger partial charge in [0.1, 0.15) is 0 Å². The Morgan fingerprint density at radius 1 is 0.778 bits per heavy atom. The second-order valence-electron chi connectivity index (χ2n) is 4.20. The number of hydrogen-bond donors (Lipinski definition) is 1. The summed E-state index contributed by atoms with van der Waals surface area (Å²) in [6.07, 6.45) is 1.06. The Morgan fingerprint density at radius 2 is 1.22 bits per heavy atom. The summed E-state index contributed by atoms with van der Waals surface area (Å²) in [6.45, 7) is 2.73. The van der Waals surface area contributed by atoms with Crippen LogP contribution in [-0.4, -0.2) is 0 Å². The van der Waals surface area contributed by atoms with Crippen LogP contribution >= 0.6 is 0 Å². The molecule has 0 amide bonds. The second-order valence-corrected chi connectivity index (χ2v) is 4.20. The van der Waals surface area contributed by atoms with Gasteiger partial charge in [-0.25, -0.2) is 0 Å². The van der Waals surface area contributed by atoms with E-state index in [0.29, 0.717) is 6.54 Å². The smallest absolute Gasteiger partial charge is 0.0249 e. The Balaban J connectivity index is 2.14. The molecule has 1 heteroatoms. The highest BCUT2D eigenvalue weighted by Gasteiger charge is 1.91. The fourth-order valence-electron chi connectivity index (χ4n) is 1.69. The predicted molar refractivity (Wildman–Crippen MR) is 76.1 cm³/mol. The minimum absolute atomic E-state index is 0.576. The summed E-state index contributed by atoms with van der Waals surface area (Å²) in [5.41, 5.74) is 10.1. The SMILES string of the molecule is CCc1ccc(C#Cc2ccc(CN)cc2)cc1. The maximum absolute atomic E-state index is 5.56. The molecule has 0 aliphatic carbocycles. The minimum atomic E-state index is 0.576. The van der Waals surface area contributed by atoms with Gasteiger partial charge in [-0.3, -0.25) is 0 Å². The lowest BCUT2D eigenvalue weighted by molar-refractivity contribution is 1.07. The normalized spacial score (nSPS) is 9.67. The van der Waals surface area contributed by atoms with Crippen molar-refractivity contribution >= 4 is 0 Å². The van der Waals surface area contributed by atoms with Crippen LogP contribution in [0.25, 0.3) is 0 Å². The summed E-state index contributed by atoms with van der Waals surface area (Å²) in [5, 5.41) is 0. The molecule has 0 aliphatic heterocycles. The van der Waals surface area contributed by atoms with Crippen LogP contribution in [0, 0.1) is 11.8 Å². The summed E-state index contributed by atoms with van der Waals surface area (Å²) in [4.78, 5) is 0. The molecule has 2 N–H and O–H groups in total. The predicted octanol–water partition coefficient (Wildman–Crippen LogP) is 3.11. The van der Waals surface area contributed by atoms with Crippen molar-refractivity contribution in [2.24, 2.45) is 5.73 Å². The summed E-state index contributed by atoms with van der Waals surface area (Å²) in [6, 6.07) is 16.4. The second kappa shape index (κ2) is 6.05. The minimum Gasteiger partial charge on any atom is -0.326 e. The van der Waals surface area contributed by atoms with Crippen LogP contribution < -0.4 is 5.73 Å². The zero-order valence-electron chi connectivity index (χ0n) is 10.6. The van der Waals surface area contributed by atoms with Gasteiger partial charge in [-0.15, -0.1) is 0 Å². The van der Waals surface area contributed by atoms with E-state index >= 15 is 0 Å². The van der Waals surface area contributed by atoms with Gasteiger partial charge in [0.2, 0.25) is 0 Å². The van der Waals surface area contributed by atoms with Gasteiger partial charge >= 0.3 is 0 Å². The molecule has 2 aromatic carbocycles. The van der Waals surface area contributed by atoms with Crippen molar-refractivity contribution in [2.45, 2.75) is 19.9 Å². The molecular formula is C17H17N. The van der Waals surface area contributed by atoms with Crippen LogP contribution in [0.15, 0.2) is 48.5 Å². The van der Waals surface area contributed by atoms with E-state index in [2.05, 4.69) is 43.0 Å². The van der Waals surface area contributed by atoms with Crippen LogP contribution in [-0.2, 0) is 13.0 Å². The number of benzene rings is 2.